The zero-order chi connectivity index (χ0) is 13.1. The fourth-order valence-corrected chi connectivity index (χ4v) is 2.85. The molecule has 0 saturated heterocycles. The van der Waals surface area contributed by atoms with E-state index in [4.69, 9.17) is 11.6 Å². The Morgan fingerprint density at radius 1 is 1.44 bits per heavy atom. The van der Waals surface area contributed by atoms with E-state index >= 15 is 0 Å². The Labute approximate surface area is 115 Å². The molecule has 0 fully saturated rings. The lowest BCUT2D eigenvalue weighted by molar-refractivity contribution is 1.31. The molecule has 4 heteroatoms. The van der Waals surface area contributed by atoms with Crippen LogP contribution in [0.25, 0.3) is 10.6 Å². The van der Waals surface area contributed by atoms with Crippen LogP contribution >= 0.6 is 22.9 Å². The summed E-state index contributed by atoms with van der Waals surface area (Å²) in [6, 6.07) is 7.80. The minimum absolute atomic E-state index is 0.464. The minimum atomic E-state index is 0.464. The smallest absolute Gasteiger partial charge is 0.101 e. The number of aromatic nitrogens is 1. The second kappa shape index (κ2) is 5.34. The number of thiophene rings is 1. The van der Waals surface area contributed by atoms with Crippen LogP contribution in [0.1, 0.15) is 20.9 Å². The number of allylic oxidation sites excluding steroid dienone is 1. The highest BCUT2D eigenvalue weighted by atomic mass is 35.5. The molecule has 18 heavy (non-hydrogen) atoms. The molecule has 0 amide bonds. The molecule has 2 nitrogen and oxygen atoms in total. The molecule has 0 radical (unpaired) electrons. The van der Waals surface area contributed by atoms with E-state index in [9.17, 15) is 5.26 Å². The van der Waals surface area contributed by atoms with E-state index in [-0.39, 0.29) is 0 Å². The molecule has 0 spiro atoms. The number of hydrogen-bond acceptors (Lipinski definition) is 3. The molecule has 0 aliphatic rings. The summed E-state index contributed by atoms with van der Waals surface area (Å²) in [4.78, 5) is 6.15. The van der Waals surface area contributed by atoms with Gasteiger partial charge < -0.3 is 0 Å². The number of aryl methyl sites for hydroxylation is 2. The van der Waals surface area contributed by atoms with Gasteiger partial charge in [0.1, 0.15) is 6.07 Å². The first-order valence-corrected chi connectivity index (χ1v) is 6.60. The Kier molecular flexibility index (Phi) is 3.81. The third kappa shape index (κ3) is 2.45. The van der Waals surface area contributed by atoms with Crippen molar-refractivity contribution in [1.29, 1.82) is 5.26 Å². The van der Waals surface area contributed by atoms with Crippen LogP contribution in [0, 0.1) is 25.2 Å². The first-order chi connectivity index (χ1) is 8.63. The van der Waals surface area contributed by atoms with Gasteiger partial charge in [-0.2, -0.15) is 5.26 Å². The summed E-state index contributed by atoms with van der Waals surface area (Å²) in [5, 5.41) is 9.76. The second-order valence-corrected chi connectivity index (χ2v) is 5.53. The van der Waals surface area contributed by atoms with Gasteiger partial charge in [0.2, 0.25) is 0 Å². The van der Waals surface area contributed by atoms with Crippen LogP contribution in [0.15, 0.2) is 30.6 Å². The molecule has 2 heterocycles. The van der Waals surface area contributed by atoms with E-state index in [0.29, 0.717) is 10.6 Å². The summed E-state index contributed by atoms with van der Waals surface area (Å²) in [7, 11) is 0. The Balaban J connectivity index is 2.55. The van der Waals surface area contributed by atoms with Gasteiger partial charge in [-0.05, 0) is 31.5 Å². The highest BCUT2D eigenvalue weighted by Crippen LogP contribution is 2.34. The Morgan fingerprint density at radius 3 is 2.72 bits per heavy atom. The number of hydrogen-bond donors (Lipinski definition) is 0. The van der Waals surface area contributed by atoms with Crippen LogP contribution in [0.4, 0.5) is 0 Å². The van der Waals surface area contributed by atoms with Crippen molar-refractivity contribution >= 4 is 33.5 Å². The van der Waals surface area contributed by atoms with Crippen molar-refractivity contribution in [2.24, 2.45) is 0 Å². The summed E-state index contributed by atoms with van der Waals surface area (Å²) in [5.74, 6) is 0. The normalized spacial score (nSPS) is 11.9. The molecular formula is C14H11ClN2S. The lowest BCUT2D eigenvalue weighted by atomic mass is 10.1. The maximum Gasteiger partial charge on any atom is 0.101 e. The standard InChI is InChI=1S/C14H11ClN2S/c1-9-6-13(18-10(9)2)14(15)12(7-16)11-4-3-5-17-8-11/h3-6,8H,1-2H3/b14-12+. The van der Waals surface area contributed by atoms with E-state index < -0.39 is 0 Å². The third-order valence-electron chi connectivity index (χ3n) is 2.66. The highest BCUT2D eigenvalue weighted by Gasteiger charge is 2.12. The fourth-order valence-electron chi connectivity index (χ4n) is 1.56. The zero-order valence-electron chi connectivity index (χ0n) is 10.1. The van der Waals surface area contributed by atoms with Gasteiger partial charge in [-0.25, -0.2) is 0 Å². The van der Waals surface area contributed by atoms with Crippen LogP contribution in [-0.2, 0) is 0 Å². The number of rotatable bonds is 2. The predicted molar refractivity (Wildman–Crippen MR) is 76.3 cm³/mol. The number of pyridine rings is 1. The predicted octanol–water partition coefficient (Wildman–Crippen LogP) is 4.39. The summed E-state index contributed by atoms with van der Waals surface area (Å²) >= 11 is 7.93. The van der Waals surface area contributed by atoms with Crippen molar-refractivity contribution in [3.63, 3.8) is 0 Å². The molecule has 0 aliphatic carbocycles. The maximum absolute atomic E-state index is 9.27. The topological polar surface area (TPSA) is 36.7 Å². The molecule has 0 aromatic carbocycles. The molecule has 2 aromatic heterocycles. The molecule has 90 valence electrons. The second-order valence-electron chi connectivity index (χ2n) is 3.89. The average Bonchev–Trinajstić information content (AvgIpc) is 2.72. The first kappa shape index (κ1) is 12.8. The summed E-state index contributed by atoms with van der Waals surface area (Å²) < 4.78 is 0. The van der Waals surface area contributed by atoms with E-state index in [2.05, 4.69) is 11.1 Å². The zero-order valence-corrected chi connectivity index (χ0v) is 11.6. The number of halogens is 1. The molecular weight excluding hydrogens is 264 g/mol. The van der Waals surface area contributed by atoms with Gasteiger partial charge in [0.25, 0.3) is 0 Å². The van der Waals surface area contributed by atoms with Gasteiger partial charge in [0.15, 0.2) is 0 Å². The first-order valence-electron chi connectivity index (χ1n) is 5.41. The van der Waals surface area contributed by atoms with Crippen molar-refractivity contribution in [1.82, 2.24) is 4.98 Å². The Morgan fingerprint density at radius 2 is 2.22 bits per heavy atom. The minimum Gasteiger partial charge on any atom is -0.264 e. The Hall–Kier alpha value is -1.63. The van der Waals surface area contributed by atoms with Crippen molar-refractivity contribution in [2.75, 3.05) is 0 Å². The summed E-state index contributed by atoms with van der Waals surface area (Å²) in [6.45, 7) is 4.08. The molecule has 0 bridgehead atoms. The van der Waals surface area contributed by atoms with Crippen molar-refractivity contribution < 1.29 is 0 Å². The van der Waals surface area contributed by atoms with Crippen LogP contribution in [0.2, 0.25) is 0 Å². The molecule has 0 atom stereocenters. The molecule has 2 aromatic rings. The van der Waals surface area contributed by atoms with Gasteiger partial charge in [-0.3, -0.25) is 4.98 Å². The molecule has 2 rings (SSSR count). The quantitative estimate of drug-likeness (QED) is 0.762. The lowest BCUT2D eigenvalue weighted by Crippen LogP contribution is -1.85. The van der Waals surface area contributed by atoms with Crippen LogP contribution < -0.4 is 0 Å². The van der Waals surface area contributed by atoms with Crippen LogP contribution in [0.3, 0.4) is 0 Å². The summed E-state index contributed by atoms with van der Waals surface area (Å²) in [5.41, 5.74) is 2.40. The van der Waals surface area contributed by atoms with Crippen molar-refractivity contribution in [2.45, 2.75) is 13.8 Å². The number of nitrogens with zero attached hydrogens (tertiary/aromatic N) is 2. The molecule has 0 saturated carbocycles. The Bertz CT molecular complexity index is 616. The summed E-state index contributed by atoms with van der Waals surface area (Å²) in [6.07, 6.45) is 3.32. The largest absolute Gasteiger partial charge is 0.264 e. The highest BCUT2D eigenvalue weighted by molar-refractivity contribution is 7.14. The van der Waals surface area contributed by atoms with Gasteiger partial charge in [0, 0.05) is 27.7 Å². The van der Waals surface area contributed by atoms with E-state index in [1.54, 1.807) is 29.8 Å². The third-order valence-corrected chi connectivity index (χ3v) is 4.34. The molecule has 0 N–H and O–H groups in total. The number of nitriles is 1. The van der Waals surface area contributed by atoms with E-state index in [0.717, 1.165) is 10.4 Å². The maximum atomic E-state index is 9.27. The van der Waals surface area contributed by atoms with Gasteiger partial charge in [-0.1, -0.05) is 17.7 Å². The van der Waals surface area contributed by atoms with Crippen molar-refractivity contribution in [3.05, 3.63) is 51.5 Å². The van der Waals surface area contributed by atoms with Gasteiger partial charge in [-0.15, -0.1) is 11.3 Å². The van der Waals surface area contributed by atoms with Gasteiger partial charge >= 0.3 is 0 Å². The molecule has 0 unspecified atom stereocenters. The SMILES string of the molecule is Cc1cc(/C(Cl)=C(/C#N)c2cccnc2)sc1C. The van der Waals surface area contributed by atoms with E-state index in [1.165, 1.54) is 10.4 Å². The van der Waals surface area contributed by atoms with Gasteiger partial charge in [0.05, 0.1) is 10.6 Å². The average molecular weight is 275 g/mol. The lowest BCUT2D eigenvalue weighted by Gasteiger charge is -2.01. The monoisotopic (exact) mass is 274 g/mol. The van der Waals surface area contributed by atoms with E-state index in [1.807, 2.05) is 26.0 Å². The van der Waals surface area contributed by atoms with Crippen LogP contribution in [0.5, 0.6) is 0 Å². The molecule has 0 aliphatic heterocycles. The van der Waals surface area contributed by atoms with Crippen molar-refractivity contribution in [3.8, 4) is 6.07 Å². The van der Waals surface area contributed by atoms with Crippen LogP contribution in [-0.4, -0.2) is 4.98 Å². The fraction of sp³-hybridized carbons (Fsp3) is 0.143.